The largest absolute Gasteiger partial charge is 0.508 e. The van der Waals surface area contributed by atoms with Gasteiger partial charge < -0.3 is 19.8 Å². The maximum atomic E-state index is 13.1. The van der Waals surface area contributed by atoms with Crippen molar-refractivity contribution in [2.24, 2.45) is 23.2 Å². The molecule has 0 amide bonds. The molecule has 5 aliphatic rings. The molecular formula is C37H54N6O2. The number of aromatic hydroxyl groups is 1. The predicted molar refractivity (Wildman–Crippen MR) is 181 cm³/mol. The number of piperazine rings is 1. The zero-order valence-electron chi connectivity index (χ0n) is 27.7. The Morgan fingerprint density at radius 1 is 0.844 bits per heavy atom. The zero-order chi connectivity index (χ0) is 31.0. The van der Waals surface area contributed by atoms with Gasteiger partial charge in [-0.15, -0.1) is 0 Å². The molecule has 8 nitrogen and oxygen atoms in total. The van der Waals surface area contributed by atoms with Crippen LogP contribution < -0.4 is 14.7 Å². The molecule has 8 heteroatoms. The summed E-state index contributed by atoms with van der Waals surface area (Å²) >= 11 is 0. The maximum absolute atomic E-state index is 13.1. The highest BCUT2D eigenvalue weighted by Crippen LogP contribution is 2.58. The van der Waals surface area contributed by atoms with Crippen molar-refractivity contribution in [2.45, 2.75) is 84.5 Å². The second-order valence-electron chi connectivity index (χ2n) is 15.1. The summed E-state index contributed by atoms with van der Waals surface area (Å²) in [6.45, 7) is 14.2. The average molecular weight is 615 g/mol. The molecule has 0 spiro atoms. The SMILES string of the molecule is Cc1ccc(O)cc1CCC1CC(=O)CC2(C)C(CCN3CCN(c4cc(N5CCCC5)nc(N5CCCC5)n4)CC3)CCC12. The van der Waals surface area contributed by atoms with Gasteiger partial charge in [0.1, 0.15) is 23.2 Å². The number of aromatic nitrogens is 2. The molecule has 7 rings (SSSR count). The molecular weight excluding hydrogens is 560 g/mol. The molecule has 0 radical (unpaired) electrons. The summed E-state index contributed by atoms with van der Waals surface area (Å²) in [5.74, 6) is 5.70. The highest BCUT2D eigenvalue weighted by atomic mass is 16.3. The van der Waals surface area contributed by atoms with Gasteiger partial charge in [0.05, 0.1) is 0 Å². The van der Waals surface area contributed by atoms with E-state index in [0.29, 0.717) is 29.3 Å². The van der Waals surface area contributed by atoms with Gasteiger partial charge in [-0.3, -0.25) is 9.69 Å². The van der Waals surface area contributed by atoms with Crippen molar-refractivity contribution in [1.29, 1.82) is 0 Å². The number of rotatable bonds is 9. The van der Waals surface area contributed by atoms with Crippen LogP contribution in [0.4, 0.5) is 17.6 Å². The molecule has 2 saturated carbocycles. The second kappa shape index (κ2) is 13.1. The van der Waals surface area contributed by atoms with E-state index in [1.54, 1.807) is 6.07 Å². The van der Waals surface area contributed by atoms with Crippen molar-refractivity contribution in [3.8, 4) is 5.75 Å². The number of carbonyl (C=O) groups is 1. The van der Waals surface area contributed by atoms with Crippen LogP contribution in [0.15, 0.2) is 24.3 Å². The Morgan fingerprint density at radius 3 is 2.22 bits per heavy atom. The highest BCUT2D eigenvalue weighted by molar-refractivity contribution is 5.80. The van der Waals surface area contributed by atoms with Gasteiger partial charge in [-0.25, -0.2) is 0 Å². The van der Waals surface area contributed by atoms with Crippen molar-refractivity contribution in [1.82, 2.24) is 14.9 Å². The standard InChI is InChI=1S/C37H54N6O2/c1-27-7-11-31(44)23-28(27)8-9-29-24-32(45)26-37(2)30(10-12-33(29)37)13-18-40-19-21-42(22-20-40)35-25-34(41-14-3-4-15-41)38-36(39-35)43-16-5-6-17-43/h7,11,23,25,29-30,33,44H,3-6,8-10,12-22,24,26H2,1-2H3. The molecule has 244 valence electrons. The minimum atomic E-state index is 0.134. The van der Waals surface area contributed by atoms with Crippen molar-refractivity contribution < 1.29 is 9.90 Å². The molecule has 0 bridgehead atoms. The third kappa shape index (κ3) is 6.54. The quantitative estimate of drug-likeness (QED) is 0.377. The first-order chi connectivity index (χ1) is 21.9. The number of phenolic OH excluding ortho intramolecular Hbond substituents is 1. The number of aryl methyl sites for hydroxylation is 2. The number of anilines is 3. The van der Waals surface area contributed by atoms with E-state index in [1.807, 2.05) is 12.1 Å². The van der Waals surface area contributed by atoms with E-state index in [9.17, 15) is 9.90 Å². The zero-order valence-corrected chi connectivity index (χ0v) is 27.7. The van der Waals surface area contributed by atoms with Crippen LogP contribution in [0.3, 0.4) is 0 Å². The molecule has 3 aliphatic heterocycles. The Kier molecular flexibility index (Phi) is 8.95. The third-order valence-corrected chi connectivity index (χ3v) is 12.4. The smallest absolute Gasteiger partial charge is 0.229 e. The van der Waals surface area contributed by atoms with Gasteiger partial charge in [0.25, 0.3) is 0 Å². The molecule has 45 heavy (non-hydrogen) atoms. The van der Waals surface area contributed by atoms with E-state index >= 15 is 0 Å². The lowest BCUT2D eigenvalue weighted by atomic mass is 9.59. The van der Waals surface area contributed by atoms with Crippen LogP contribution in [0, 0.1) is 30.1 Å². The molecule has 2 aliphatic carbocycles. The molecule has 5 fully saturated rings. The monoisotopic (exact) mass is 614 g/mol. The lowest BCUT2D eigenvalue weighted by Gasteiger charge is -2.45. The minimum absolute atomic E-state index is 0.134. The first-order valence-corrected chi connectivity index (χ1v) is 18.0. The van der Waals surface area contributed by atoms with E-state index in [2.05, 4.69) is 39.5 Å². The Morgan fingerprint density at radius 2 is 1.51 bits per heavy atom. The number of hydrogen-bond donors (Lipinski definition) is 1. The molecule has 1 aromatic heterocycles. The van der Waals surface area contributed by atoms with Crippen molar-refractivity contribution >= 4 is 23.4 Å². The number of nitrogens with zero attached hydrogens (tertiary/aromatic N) is 6. The minimum Gasteiger partial charge on any atom is -0.508 e. The third-order valence-electron chi connectivity index (χ3n) is 12.4. The van der Waals surface area contributed by atoms with Gasteiger partial charge >= 0.3 is 0 Å². The number of ketones is 1. The number of phenols is 1. The molecule has 4 heterocycles. The Hall–Kier alpha value is -2.87. The molecule has 2 aromatic rings. The van der Waals surface area contributed by atoms with Crippen LogP contribution in [0.25, 0.3) is 0 Å². The summed E-state index contributed by atoms with van der Waals surface area (Å²) in [7, 11) is 0. The fraction of sp³-hybridized carbons (Fsp3) is 0.703. The fourth-order valence-electron chi connectivity index (χ4n) is 9.65. The van der Waals surface area contributed by atoms with Crippen molar-refractivity contribution in [3.05, 3.63) is 35.4 Å². The topological polar surface area (TPSA) is 76.0 Å². The Balaban J connectivity index is 0.951. The molecule has 1 N–H and O–H groups in total. The second-order valence-corrected chi connectivity index (χ2v) is 15.1. The fourth-order valence-corrected chi connectivity index (χ4v) is 9.65. The van der Waals surface area contributed by atoms with E-state index in [0.717, 1.165) is 102 Å². The summed E-state index contributed by atoms with van der Waals surface area (Å²) in [5, 5.41) is 10.0. The first-order valence-electron chi connectivity index (χ1n) is 18.0. The van der Waals surface area contributed by atoms with Gasteiger partial charge in [0.15, 0.2) is 0 Å². The Labute approximate surface area is 270 Å². The van der Waals surface area contributed by atoms with Gasteiger partial charge in [-0.05, 0) is 118 Å². The van der Waals surface area contributed by atoms with Gasteiger partial charge in [0.2, 0.25) is 5.95 Å². The van der Waals surface area contributed by atoms with Gasteiger partial charge in [-0.2, -0.15) is 9.97 Å². The van der Waals surface area contributed by atoms with E-state index in [1.165, 1.54) is 56.1 Å². The van der Waals surface area contributed by atoms with Crippen LogP contribution in [0.1, 0.15) is 82.3 Å². The maximum Gasteiger partial charge on any atom is 0.229 e. The van der Waals surface area contributed by atoms with Gasteiger partial charge in [0, 0.05) is 71.3 Å². The van der Waals surface area contributed by atoms with E-state index in [4.69, 9.17) is 9.97 Å². The number of Topliss-reactive ketones (excluding diaryl/α,β-unsaturated/α-hetero) is 1. The van der Waals surface area contributed by atoms with Crippen LogP contribution >= 0.6 is 0 Å². The van der Waals surface area contributed by atoms with E-state index in [-0.39, 0.29) is 5.41 Å². The number of benzene rings is 1. The molecule has 4 unspecified atom stereocenters. The van der Waals surface area contributed by atoms with Crippen molar-refractivity contribution in [3.63, 3.8) is 0 Å². The molecule has 1 aromatic carbocycles. The Bertz CT molecular complexity index is 1310. The van der Waals surface area contributed by atoms with Crippen LogP contribution in [-0.4, -0.2) is 84.7 Å². The lowest BCUT2D eigenvalue weighted by Crippen LogP contribution is -2.48. The number of hydrogen-bond acceptors (Lipinski definition) is 8. The van der Waals surface area contributed by atoms with E-state index < -0.39 is 0 Å². The van der Waals surface area contributed by atoms with Crippen LogP contribution in [0.5, 0.6) is 5.75 Å². The average Bonchev–Trinajstić information content (AvgIpc) is 3.83. The first kappa shape index (κ1) is 30.8. The summed E-state index contributed by atoms with van der Waals surface area (Å²) in [6, 6.07) is 7.95. The summed E-state index contributed by atoms with van der Waals surface area (Å²) in [5.41, 5.74) is 2.60. The predicted octanol–water partition coefficient (Wildman–Crippen LogP) is 5.85. The summed E-state index contributed by atoms with van der Waals surface area (Å²) in [6.07, 6.45) is 12.2. The van der Waals surface area contributed by atoms with Crippen molar-refractivity contribution in [2.75, 3.05) is 73.6 Å². The summed E-state index contributed by atoms with van der Waals surface area (Å²) in [4.78, 5) is 33.2. The number of carbonyl (C=O) groups excluding carboxylic acids is 1. The lowest BCUT2D eigenvalue weighted by molar-refractivity contribution is -0.129. The normalized spacial score (nSPS) is 29.2. The summed E-state index contributed by atoms with van der Waals surface area (Å²) < 4.78 is 0. The molecule has 4 atom stereocenters. The molecule has 3 saturated heterocycles. The van der Waals surface area contributed by atoms with Crippen LogP contribution in [0.2, 0.25) is 0 Å². The van der Waals surface area contributed by atoms with Gasteiger partial charge in [-0.1, -0.05) is 13.0 Å². The highest BCUT2D eigenvalue weighted by Gasteiger charge is 2.52. The van der Waals surface area contributed by atoms with Crippen LogP contribution in [-0.2, 0) is 11.2 Å². The number of fused-ring (bicyclic) bond motifs is 1.